The van der Waals surface area contributed by atoms with Gasteiger partial charge in [-0.2, -0.15) is 0 Å². The van der Waals surface area contributed by atoms with E-state index in [4.69, 9.17) is 4.74 Å². The van der Waals surface area contributed by atoms with Gasteiger partial charge in [0, 0.05) is 12.2 Å². The Morgan fingerprint density at radius 3 is 2.57 bits per heavy atom. The quantitative estimate of drug-likeness (QED) is 0.825. The number of aryl methyl sites for hydroxylation is 1. The van der Waals surface area contributed by atoms with Crippen LogP contribution in [0.4, 0.5) is 5.69 Å². The average Bonchev–Trinajstić information content (AvgIpc) is 2.55. The molecule has 2 N–H and O–H groups in total. The molecule has 2 aromatic rings. The third kappa shape index (κ3) is 5.33. The summed E-state index contributed by atoms with van der Waals surface area (Å²) >= 11 is 0. The highest BCUT2D eigenvalue weighted by molar-refractivity contribution is 5.84. The number of carbonyl (C=O) groups excluding carboxylic acids is 1. The minimum absolute atomic E-state index is 0.0000165. The van der Waals surface area contributed by atoms with Crippen LogP contribution >= 0.6 is 0 Å². The number of benzene rings is 2. The maximum Gasteiger partial charge on any atom is 0.242 e. The summed E-state index contributed by atoms with van der Waals surface area (Å²) in [5.74, 6) is 0.841. The van der Waals surface area contributed by atoms with Crippen LogP contribution in [0.25, 0.3) is 0 Å². The van der Waals surface area contributed by atoms with Gasteiger partial charge in [0.15, 0.2) is 0 Å². The van der Waals surface area contributed by atoms with E-state index in [2.05, 4.69) is 10.6 Å². The van der Waals surface area contributed by atoms with Gasteiger partial charge < -0.3 is 15.4 Å². The first-order chi connectivity index (χ1) is 11.1. The van der Waals surface area contributed by atoms with Crippen molar-refractivity contribution in [2.24, 2.45) is 0 Å². The molecule has 0 saturated heterocycles. The van der Waals surface area contributed by atoms with Crippen molar-refractivity contribution in [3.8, 4) is 5.75 Å². The Morgan fingerprint density at radius 1 is 1.17 bits per heavy atom. The molecule has 1 atom stereocenters. The zero-order chi connectivity index (χ0) is 16.7. The first kappa shape index (κ1) is 16.9. The molecular formula is C19H24N2O2. The second-order valence-corrected chi connectivity index (χ2v) is 5.62. The summed E-state index contributed by atoms with van der Waals surface area (Å²) in [5.41, 5.74) is 3.30. The van der Waals surface area contributed by atoms with Crippen molar-refractivity contribution in [2.75, 3.05) is 19.0 Å². The zero-order valence-corrected chi connectivity index (χ0v) is 13.9. The molecule has 0 heterocycles. The van der Waals surface area contributed by atoms with Crippen molar-refractivity contribution in [1.29, 1.82) is 0 Å². The van der Waals surface area contributed by atoms with Crippen molar-refractivity contribution in [3.63, 3.8) is 0 Å². The monoisotopic (exact) mass is 312 g/mol. The summed E-state index contributed by atoms with van der Waals surface area (Å²) in [4.78, 5) is 12.1. The van der Waals surface area contributed by atoms with E-state index >= 15 is 0 Å². The number of ether oxygens (including phenoxy) is 1. The predicted octanol–water partition coefficient (Wildman–Crippen LogP) is 3.16. The molecule has 0 aromatic heterocycles. The van der Waals surface area contributed by atoms with E-state index in [1.54, 1.807) is 7.11 Å². The minimum atomic E-state index is -0.271. The van der Waals surface area contributed by atoms with E-state index in [-0.39, 0.29) is 11.9 Å². The van der Waals surface area contributed by atoms with E-state index in [9.17, 15) is 4.79 Å². The van der Waals surface area contributed by atoms with E-state index in [1.165, 1.54) is 11.1 Å². The van der Waals surface area contributed by atoms with E-state index in [1.807, 2.05) is 62.4 Å². The lowest BCUT2D eigenvalue weighted by molar-refractivity contribution is -0.121. The van der Waals surface area contributed by atoms with Crippen molar-refractivity contribution in [1.82, 2.24) is 5.32 Å². The molecule has 4 heteroatoms. The number of hydrogen-bond acceptors (Lipinski definition) is 3. The molecule has 1 unspecified atom stereocenters. The molecule has 4 nitrogen and oxygen atoms in total. The van der Waals surface area contributed by atoms with Crippen molar-refractivity contribution < 1.29 is 9.53 Å². The first-order valence-electron chi connectivity index (χ1n) is 7.82. The summed E-state index contributed by atoms with van der Waals surface area (Å²) in [6.07, 6.45) is 0.799. The molecule has 0 aliphatic rings. The van der Waals surface area contributed by atoms with Gasteiger partial charge in [-0.3, -0.25) is 4.79 Å². The highest BCUT2D eigenvalue weighted by Crippen LogP contribution is 2.12. The number of hydrogen-bond donors (Lipinski definition) is 2. The fourth-order valence-electron chi connectivity index (χ4n) is 2.33. The Kier molecular flexibility index (Phi) is 6.03. The molecule has 0 radical (unpaired) electrons. The Balaban J connectivity index is 1.77. The van der Waals surface area contributed by atoms with Gasteiger partial charge >= 0.3 is 0 Å². The maximum absolute atomic E-state index is 12.1. The fraction of sp³-hybridized carbons (Fsp3) is 0.316. The Morgan fingerprint density at radius 2 is 1.91 bits per heavy atom. The van der Waals surface area contributed by atoms with Gasteiger partial charge in [0.05, 0.1) is 7.11 Å². The van der Waals surface area contributed by atoms with Crippen LogP contribution in [-0.2, 0) is 11.2 Å². The molecule has 2 aromatic carbocycles. The average molecular weight is 312 g/mol. The molecule has 23 heavy (non-hydrogen) atoms. The van der Waals surface area contributed by atoms with Crippen LogP contribution in [0, 0.1) is 6.92 Å². The molecule has 0 aliphatic heterocycles. The fourth-order valence-corrected chi connectivity index (χ4v) is 2.33. The van der Waals surface area contributed by atoms with Gasteiger partial charge in [-0.15, -0.1) is 0 Å². The predicted molar refractivity (Wildman–Crippen MR) is 94.0 cm³/mol. The molecule has 122 valence electrons. The zero-order valence-electron chi connectivity index (χ0n) is 13.9. The van der Waals surface area contributed by atoms with Gasteiger partial charge in [-0.25, -0.2) is 0 Å². The van der Waals surface area contributed by atoms with Crippen LogP contribution in [0.3, 0.4) is 0 Å². The third-order valence-electron chi connectivity index (χ3n) is 3.67. The largest absolute Gasteiger partial charge is 0.497 e. The Bertz CT molecular complexity index is 638. The summed E-state index contributed by atoms with van der Waals surface area (Å²) in [6.45, 7) is 4.51. The molecule has 0 saturated carbocycles. The summed E-state index contributed by atoms with van der Waals surface area (Å²) < 4.78 is 5.13. The van der Waals surface area contributed by atoms with Crippen LogP contribution in [0.2, 0.25) is 0 Å². The van der Waals surface area contributed by atoms with Crippen LogP contribution in [0.1, 0.15) is 18.1 Å². The topological polar surface area (TPSA) is 50.4 Å². The van der Waals surface area contributed by atoms with Gasteiger partial charge in [0.2, 0.25) is 5.91 Å². The number of nitrogens with one attached hydrogen (secondary N) is 2. The highest BCUT2D eigenvalue weighted by atomic mass is 16.5. The Labute approximate surface area is 137 Å². The van der Waals surface area contributed by atoms with Crippen LogP contribution < -0.4 is 15.4 Å². The standard InChI is InChI=1S/C19H24N2O2/c1-14-5-4-6-17(13-14)21-15(2)19(22)20-12-11-16-7-9-18(23-3)10-8-16/h4-10,13,15,21H,11-12H2,1-3H3,(H,20,22). The third-order valence-corrected chi connectivity index (χ3v) is 3.67. The molecule has 0 aliphatic carbocycles. The first-order valence-corrected chi connectivity index (χ1v) is 7.82. The molecule has 0 spiro atoms. The lowest BCUT2D eigenvalue weighted by Gasteiger charge is -2.15. The van der Waals surface area contributed by atoms with Crippen LogP contribution in [0.5, 0.6) is 5.75 Å². The van der Waals surface area contributed by atoms with Gasteiger partial charge in [-0.1, -0.05) is 24.3 Å². The summed E-state index contributed by atoms with van der Waals surface area (Å²) in [6, 6.07) is 15.6. The minimum Gasteiger partial charge on any atom is -0.497 e. The lowest BCUT2D eigenvalue weighted by atomic mass is 10.1. The molecule has 0 bridgehead atoms. The number of amides is 1. The van der Waals surface area contributed by atoms with Gasteiger partial charge in [0.1, 0.15) is 11.8 Å². The number of rotatable bonds is 7. The summed E-state index contributed by atoms with van der Waals surface area (Å²) in [5, 5.41) is 6.18. The number of anilines is 1. The molecule has 2 rings (SSSR count). The SMILES string of the molecule is COc1ccc(CCNC(=O)C(C)Nc2cccc(C)c2)cc1. The van der Waals surface area contributed by atoms with Crippen molar-refractivity contribution in [3.05, 3.63) is 59.7 Å². The number of carbonyl (C=O) groups is 1. The number of methoxy groups -OCH3 is 1. The molecule has 0 fully saturated rings. The van der Waals surface area contributed by atoms with Crippen molar-refractivity contribution >= 4 is 11.6 Å². The van der Waals surface area contributed by atoms with E-state index in [0.717, 1.165) is 17.9 Å². The lowest BCUT2D eigenvalue weighted by Crippen LogP contribution is -2.38. The Hall–Kier alpha value is -2.49. The second kappa shape index (κ2) is 8.22. The van der Waals surface area contributed by atoms with Gasteiger partial charge in [0.25, 0.3) is 0 Å². The van der Waals surface area contributed by atoms with Gasteiger partial charge in [-0.05, 0) is 55.7 Å². The second-order valence-electron chi connectivity index (χ2n) is 5.62. The maximum atomic E-state index is 12.1. The van der Waals surface area contributed by atoms with Crippen molar-refractivity contribution in [2.45, 2.75) is 26.3 Å². The van der Waals surface area contributed by atoms with Crippen LogP contribution in [0.15, 0.2) is 48.5 Å². The summed E-state index contributed by atoms with van der Waals surface area (Å²) in [7, 11) is 1.65. The van der Waals surface area contributed by atoms with E-state index < -0.39 is 0 Å². The normalized spacial score (nSPS) is 11.6. The van der Waals surface area contributed by atoms with E-state index in [0.29, 0.717) is 6.54 Å². The smallest absolute Gasteiger partial charge is 0.242 e. The molecular weight excluding hydrogens is 288 g/mol. The highest BCUT2D eigenvalue weighted by Gasteiger charge is 2.11. The van der Waals surface area contributed by atoms with Crippen LogP contribution in [-0.4, -0.2) is 25.6 Å². The molecule has 1 amide bonds.